The van der Waals surface area contributed by atoms with Gasteiger partial charge in [0.15, 0.2) is 0 Å². The fourth-order valence-electron chi connectivity index (χ4n) is 4.61. The van der Waals surface area contributed by atoms with Gasteiger partial charge in [0.25, 0.3) is 17.4 Å². The van der Waals surface area contributed by atoms with E-state index < -0.39 is 0 Å². The molecule has 8 nitrogen and oxygen atoms in total. The Morgan fingerprint density at radius 3 is 2.31 bits per heavy atom. The van der Waals surface area contributed by atoms with Gasteiger partial charge in [0.1, 0.15) is 0 Å². The molecule has 0 unspecified atom stereocenters. The molecule has 0 saturated carbocycles. The molecule has 1 aliphatic heterocycles. The van der Waals surface area contributed by atoms with Gasteiger partial charge in [-0.1, -0.05) is 41.4 Å². The Hall–Kier alpha value is -4.14. The maximum absolute atomic E-state index is 13.9. The van der Waals surface area contributed by atoms with Crippen LogP contribution in [0.5, 0.6) is 0 Å². The molecule has 39 heavy (non-hydrogen) atoms. The van der Waals surface area contributed by atoms with Gasteiger partial charge in [0.05, 0.1) is 28.0 Å². The minimum Gasteiger partial charge on any atom is -0.355 e. The molecule has 0 spiro atoms. The van der Waals surface area contributed by atoms with Gasteiger partial charge >= 0.3 is 0 Å². The lowest BCUT2D eigenvalue weighted by Crippen LogP contribution is -2.46. The number of para-hydroxylation sites is 1. The summed E-state index contributed by atoms with van der Waals surface area (Å²) in [5.74, 6) is -0.144. The van der Waals surface area contributed by atoms with E-state index in [4.69, 9.17) is 28.2 Å². The van der Waals surface area contributed by atoms with Crippen LogP contribution in [-0.2, 0) is 13.0 Å². The smallest absolute Gasteiger partial charge is 0.263 e. The first-order valence-electron chi connectivity index (χ1n) is 12.3. The van der Waals surface area contributed by atoms with Gasteiger partial charge in [-0.25, -0.2) is 9.55 Å². The summed E-state index contributed by atoms with van der Waals surface area (Å²) in [4.78, 5) is 45.9. The van der Waals surface area contributed by atoms with Crippen LogP contribution in [0.1, 0.15) is 38.9 Å². The van der Waals surface area contributed by atoms with E-state index in [2.05, 4.69) is 10.6 Å². The van der Waals surface area contributed by atoms with Crippen LogP contribution < -0.4 is 16.2 Å². The minimum absolute atomic E-state index is 0.157. The predicted octanol–water partition coefficient (Wildman–Crippen LogP) is 5.23. The van der Waals surface area contributed by atoms with Crippen molar-refractivity contribution < 1.29 is 9.59 Å². The van der Waals surface area contributed by atoms with Gasteiger partial charge in [-0.2, -0.15) is 0 Å². The number of fused-ring (bicyclic) bond motifs is 1. The Labute approximate surface area is 235 Å². The molecule has 1 aliphatic rings. The molecule has 3 aromatic carbocycles. The van der Waals surface area contributed by atoms with E-state index in [1.54, 1.807) is 54.4 Å². The zero-order valence-corrected chi connectivity index (χ0v) is 22.8. The van der Waals surface area contributed by atoms with Crippen molar-refractivity contribution in [1.29, 1.82) is 0 Å². The summed E-state index contributed by atoms with van der Waals surface area (Å²) >= 11 is 12.2. The normalized spacial score (nSPS) is 14.5. The first-order valence-corrected chi connectivity index (χ1v) is 13.1. The lowest BCUT2D eigenvalue weighted by Gasteiger charge is -2.34. The van der Waals surface area contributed by atoms with Crippen molar-refractivity contribution >= 4 is 46.7 Å². The van der Waals surface area contributed by atoms with Crippen molar-refractivity contribution in [1.82, 2.24) is 19.8 Å². The second kappa shape index (κ2) is 10.9. The molecule has 4 aromatic rings. The summed E-state index contributed by atoms with van der Waals surface area (Å²) in [5, 5.41) is 6.51. The number of carbonyl (C=O) groups is 2. The standard InChI is InChI=1S/C29H25Cl2N5O3/c1-17-14-22-25(16-35(17)27(38)19-10-13-23(30)24(31)15-19)34-29(33-20-6-4-3-5-7-20)36(28(22)39)21-11-8-18(9-12-21)26(37)32-2/h3-13,15,17H,14,16H2,1-2H3,(H,32,37)(H,33,34)/t17-/m1/s1. The van der Waals surface area contributed by atoms with Gasteiger partial charge in [-0.15, -0.1) is 0 Å². The molecule has 0 saturated heterocycles. The highest BCUT2D eigenvalue weighted by molar-refractivity contribution is 6.42. The molecule has 2 N–H and O–H groups in total. The number of rotatable bonds is 5. The van der Waals surface area contributed by atoms with E-state index in [-0.39, 0.29) is 30.0 Å². The number of hydrogen-bond donors (Lipinski definition) is 2. The maximum atomic E-state index is 13.9. The number of nitrogens with one attached hydrogen (secondary N) is 2. The molecular formula is C29H25Cl2N5O3. The molecule has 0 fully saturated rings. The number of aromatic nitrogens is 2. The van der Waals surface area contributed by atoms with Crippen LogP contribution in [0, 0.1) is 0 Å². The number of anilines is 2. The molecule has 5 rings (SSSR count). The van der Waals surface area contributed by atoms with Gasteiger partial charge in [0, 0.05) is 35.5 Å². The van der Waals surface area contributed by atoms with Crippen LogP contribution in [-0.4, -0.2) is 39.4 Å². The number of halogens is 2. The lowest BCUT2D eigenvalue weighted by atomic mass is 9.98. The summed E-state index contributed by atoms with van der Waals surface area (Å²) in [7, 11) is 1.56. The number of carbonyl (C=O) groups excluding carboxylic acids is 2. The van der Waals surface area contributed by atoms with Crippen LogP contribution in [0.4, 0.5) is 11.6 Å². The Kier molecular flexibility index (Phi) is 7.41. The monoisotopic (exact) mass is 561 g/mol. The zero-order chi connectivity index (χ0) is 27.7. The van der Waals surface area contributed by atoms with Crippen LogP contribution in [0.25, 0.3) is 5.69 Å². The highest BCUT2D eigenvalue weighted by Crippen LogP contribution is 2.28. The van der Waals surface area contributed by atoms with Gasteiger partial charge in [0.2, 0.25) is 5.95 Å². The molecule has 10 heteroatoms. The number of amides is 2. The molecule has 2 amide bonds. The predicted molar refractivity (Wildman–Crippen MR) is 152 cm³/mol. The Morgan fingerprint density at radius 1 is 0.949 bits per heavy atom. The van der Waals surface area contributed by atoms with E-state index in [1.807, 2.05) is 37.3 Å². The molecule has 0 bridgehead atoms. The maximum Gasteiger partial charge on any atom is 0.263 e. The van der Waals surface area contributed by atoms with Crippen molar-refractivity contribution in [3.8, 4) is 5.69 Å². The van der Waals surface area contributed by atoms with Crippen molar-refractivity contribution in [3.05, 3.63) is 116 Å². The second-order valence-electron chi connectivity index (χ2n) is 9.23. The van der Waals surface area contributed by atoms with Crippen LogP contribution in [0.3, 0.4) is 0 Å². The highest BCUT2D eigenvalue weighted by Gasteiger charge is 2.32. The van der Waals surface area contributed by atoms with E-state index in [1.165, 1.54) is 4.57 Å². The van der Waals surface area contributed by atoms with Crippen molar-refractivity contribution in [2.45, 2.75) is 25.9 Å². The van der Waals surface area contributed by atoms with Crippen LogP contribution in [0.2, 0.25) is 10.0 Å². The van der Waals surface area contributed by atoms with Gasteiger partial charge in [-0.05, 0) is 67.9 Å². The summed E-state index contributed by atoms with van der Waals surface area (Å²) in [6.07, 6.45) is 0.330. The van der Waals surface area contributed by atoms with E-state index in [0.29, 0.717) is 50.5 Å². The summed E-state index contributed by atoms with van der Waals surface area (Å²) in [5.41, 5.74) is 3.00. The third-order valence-electron chi connectivity index (χ3n) is 6.69. The molecule has 2 heterocycles. The fourth-order valence-corrected chi connectivity index (χ4v) is 4.90. The Morgan fingerprint density at radius 2 is 1.64 bits per heavy atom. The average molecular weight is 562 g/mol. The first-order chi connectivity index (χ1) is 18.8. The minimum atomic E-state index is -0.258. The topological polar surface area (TPSA) is 96.3 Å². The number of nitrogens with zero attached hydrogens (tertiary/aromatic N) is 3. The van der Waals surface area contributed by atoms with Gasteiger partial charge in [-0.3, -0.25) is 14.4 Å². The molecular weight excluding hydrogens is 537 g/mol. The SMILES string of the molecule is CNC(=O)c1ccc(-n2c(Nc3ccccc3)nc3c(c2=O)C[C@@H](C)N(C(=O)c2ccc(Cl)c(Cl)c2)C3)cc1. The Bertz CT molecular complexity index is 1620. The fraction of sp³-hybridized carbons (Fsp3) is 0.172. The lowest BCUT2D eigenvalue weighted by molar-refractivity contribution is 0.0653. The first kappa shape index (κ1) is 26.5. The summed E-state index contributed by atoms with van der Waals surface area (Å²) < 4.78 is 1.50. The number of hydrogen-bond acceptors (Lipinski definition) is 5. The van der Waals surface area contributed by atoms with Crippen LogP contribution >= 0.6 is 23.2 Å². The third kappa shape index (κ3) is 5.26. The van der Waals surface area contributed by atoms with Crippen LogP contribution in [0.15, 0.2) is 77.6 Å². The van der Waals surface area contributed by atoms with E-state index >= 15 is 0 Å². The van der Waals surface area contributed by atoms with E-state index in [9.17, 15) is 14.4 Å². The molecule has 0 aliphatic carbocycles. The second-order valence-corrected chi connectivity index (χ2v) is 10.0. The van der Waals surface area contributed by atoms with Crippen molar-refractivity contribution in [2.24, 2.45) is 0 Å². The molecule has 1 aromatic heterocycles. The summed E-state index contributed by atoms with van der Waals surface area (Å²) in [6.45, 7) is 2.06. The van der Waals surface area contributed by atoms with E-state index in [0.717, 1.165) is 5.69 Å². The molecule has 0 radical (unpaired) electrons. The average Bonchev–Trinajstić information content (AvgIpc) is 2.95. The quantitative estimate of drug-likeness (QED) is 0.348. The Balaban J connectivity index is 1.58. The molecule has 1 atom stereocenters. The summed E-state index contributed by atoms with van der Waals surface area (Å²) in [6, 6.07) is 20.6. The third-order valence-corrected chi connectivity index (χ3v) is 7.43. The van der Waals surface area contributed by atoms with Gasteiger partial charge < -0.3 is 15.5 Å². The zero-order valence-electron chi connectivity index (χ0n) is 21.2. The highest BCUT2D eigenvalue weighted by atomic mass is 35.5. The van der Waals surface area contributed by atoms with Crippen molar-refractivity contribution in [2.75, 3.05) is 12.4 Å². The molecule has 198 valence electrons. The van der Waals surface area contributed by atoms with Crippen molar-refractivity contribution in [3.63, 3.8) is 0 Å². The number of benzene rings is 3. The largest absolute Gasteiger partial charge is 0.355 e.